The van der Waals surface area contributed by atoms with Crippen LogP contribution in [0.3, 0.4) is 0 Å². The smallest absolute Gasteiger partial charge is 0.236 e. The predicted molar refractivity (Wildman–Crippen MR) is 69.9 cm³/mol. The van der Waals surface area contributed by atoms with Crippen LogP contribution in [0.1, 0.15) is 5.56 Å². The molecule has 1 aromatic carbocycles. The molecule has 0 bridgehead atoms. The average Bonchev–Trinajstić information content (AvgIpc) is 2.38. The summed E-state index contributed by atoms with van der Waals surface area (Å²) in [6, 6.07) is 5.61. The molecule has 0 heterocycles. The molecule has 0 saturated heterocycles. The summed E-state index contributed by atoms with van der Waals surface area (Å²) in [4.78, 5) is 13.0. The van der Waals surface area contributed by atoms with Gasteiger partial charge in [0.15, 0.2) is 0 Å². The number of hydrogen-bond acceptors (Lipinski definition) is 4. The third-order valence-corrected chi connectivity index (χ3v) is 2.58. The van der Waals surface area contributed by atoms with Crippen LogP contribution >= 0.6 is 0 Å². The lowest BCUT2D eigenvalue weighted by Crippen LogP contribution is -2.32. The molecule has 18 heavy (non-hydrogen) atoms. The van der Waals surface area contributed by atoms with Crippen LogP contribution in [0.2, 0.25) is 0 Å². The van der Waals surface area contributed by atoms with Crippen LogP contribution in [0, 0.1) is 0 Å². The molecular weight excluding hydrogens is 232 g/mol. The second-order valence-corrected chi connectivity index (χ2v) is 4.07. The number of amides is 1. The molecule has 5 heteroatoms. The van der Waals surface area contributed by atoms with Crippen molar-refractivity contribution >= 4 is 5.91 Å². The summed E-state index contributed by atoms with van der Waals surface area (Å²) >= 11 is 0. The lowest BCUT2D eigenvalue weighted by Gasteiger charge is -2.13. The van der Waals surface area contributed by atoms with Gasteiger partial charge in [0.05, 0.1) is 20.8 Å². The topological polar surface area (TPSA) is 50.8 Å². The normalized spacial score (nSPS) is 10.0. The molecule has 0 unspecified atom stereocenters. The van der Waals surface area contributed by atoms with E-state index >= 15 is 0 Å². The van der Waals surface area contributed by atoms with E-state index in [2.05, 4.69) is 5.32 Å². The zero-order valence-electron chi connectivity index (χ0n) is 11.3. The highest BCUT2D eigenvalue weighted by molar-refractivity contribution is 5.77. The minimum absolute atomic E-state index is 0.0440. The van der Waals surface area contributed by atoms with E-state index in [4.69, 9.17) is 9.47 Å². The minimum Gasteiger partial charge on any atom is -0.497 e. The maximum absolute atomic E-state index is 11.4. The zero-order valence-corrected chi connectivity index (χ0v) is 11.3. The molecule has 0 spiro atoms. The van der Waals surface area contributed by atoms with Gasteiger partial charge in [-0.25, -0.2) is 0 Å². The van der Waals surface area contributed by atoms with Crippen molar-refractivity contribution in [3.63, 3.8) is 0 Å². The van der Waals surface area contributed by atoms with E-state index in [-0.39, 0.29) is 5.91 Å². The third-order valence-electron chi connectivity index (χ3n) is 2.58. The molecule has 1 amide bonds. The molecule has 0 aromatic heterocycles. The van der Waals surface area contributed by atoms with Crippen LogP contribution in [-0.2, 0) is 11.3 Å². The number of rotatable bonds is 6. The van der Waals surface area contributed by atoms with Crippen molar-refractivity contribution in [1.29, 1.82) is 0 Å². The van der Waals surface area contributed by atoms with Crippen LogP contribution in [0.15, 0.2) is 18.2 Å². The van der Waals surface area contributed by atoms with E-state index < -0.39 is 0 Å². The fourth-order valence-electron chi connectivity index (χ4n) is 1.46. The fraction of sp³-hybridized carbons (Fsp3) is 0.462. The van der Waals surface area contributed by atoms with Gasteiger partial charge in [0, 0.05) is 32.3 Å². The van der Waals surface area contributed by atoms with E-state index in [1.165, 1.54) is 0 Å². The van der Waals surface area contributed by atoms with Gasteiger partial charge in [0.2, 0.25) is 5.91 Å². The number of carbonyl (C=O) groups is 1. The average molecular weight is 252 g/mol. The van der Waals surface area contributed by atoms with E-state index in [1.54, 1.807) is 33.2 Å². The largest absolute Gasteiger partial charge is 0.497 e. The summed E-state index contributed by atoms with van der Waals surface area (Å²) in [5.74, 6) is 1.54. The maximum Gasteiger partial charge on any atom is 0.236 e. The van der Waals surface area contributed by atoms with E-state index in [0.29, 0.717) is 13.1 Å². The Morgan fingerprint density at radius 3 is 2.56 bits per heavy atom. The standard InChI is InChI=1S/C13H20N2O3/c1-15(2)13(16)9-14-8-10-5-6-11(17-3)7-12(10)18-4/h5-7,14H,8-9H2,1-4H3. The van der Waals surface area contributed by atoms with Crippen LogP contribution in [0.5, 0.6) is 11.5 Å². The first kappa shape index (κ1) is 14.3. The summed E-state index contributed by atoms with van der Waals surface area (Å²) in [6.07, 6.45) is 0. The molecule has 0 radical (unpaired) electrons. The number of ether oxygens (including phenoxy) is 2. The Hall–Kier alpha value is -1.75. The molecule has 0 aliphatic carbocycles. The molecule has 0 atom stereocenters. The molecule has 1 N–H and O–H groups in total. The SMILES string of the molecule is COc1ccc(CNCC(=O)N(C)C)c(OC)c1. The number of likely N-dealkylation sites (N-methyl/N-ethyl adjacent to an activating group) is 1. The molecule has 0 fully saturated rings. The van der Waals surface area contributed by atoms with Gasteiger partial charge < -0.3 is 19.7 Å². The Kier molecular flexibility index (Phi) is 5.45. The zero-order chi connectivity index (χ0) is 13.5. The van der Waals surface area contributed by atoms with E-state index in [1.807, 2.05) is 18.2 Å². The second kappa shape index (κ2) is 6.86. The summed E-state index contributed by atoms with van der Waals surface area (Å²) in [6.45, 7) is 0.884. The van der Waals surface area contributed by atoms with Crippen LogP contribution in [-0.4, -0.2) is 45.7 Å². The predicted octanol–water partition coefficient (Wildman–Crippen LogP) is 0.882. The van der Waals surface area contributed by atoms with Gasteiger partial charge in [-0.3, -0.25) is 4.79 Å². The Bertz CT molecular complexity index is 405. The highest BCUT2D eigenvalue weighted by atomic mass is 16.5. The molecule has 0 aliphatic rings. The Morgan fingerprint density at radius 2 is 2.00 bits per heavy atom. The van der Waals surface area contributed by atoms with Crippen molar-refractivity contribution in [3.05, 3.63) is 23.8 Å². The Balaban J connectivity index is 2.59. The summed E-state index contributed by atoms with van der Waals surface area (Å²) in [5.41, 5.74) is 0.991. The maximum atomic E-state index is 11.4. The van der Waals surface area contributed by atoms with Crippen molar-refractivity contribution in [2.75, 3.05) is 34.9 Å². The van der Waals surface area contributed by atoms with Crippen LogP contribution < -0.4 is 14.8 Å². The molecule has 0 saturated carbocycles. The van der Waals surface area contributed by atoms with Crippen molar-refractivity contribution in [1.82, 2.24) is 10.2 Å². The lowest BCUT2D eigenvalue weighted by molar-refractivity contribution is -0.127. The van der Waals surface area contributed by atoms with Gasteiger partial charge in [0.25, 0.3) is 0 Å². The van der Waals surface area contributed by atoms with E-state index in [0.717, 1.165) is 17.1 Å². The number of methoxy groups -OCH3 is 2. The van der Waals surface area contributed by atoms with Crippen molar-refractivity contribution in [3.8, 4) is 11.5 Å². The summed E-state index contributed by atoms with van der Waals surface area (Å²) < 4.78 is 10.4. The number of nitrogens with one attached hydrogen (secondary N) is 1. The van der Waals surface area contributed by atoms with Crippen molar-refractivity contribution in [2.24, 2.45) is 0 Å². The van der Waals surface area contributed by atoms with E-state index in [9.17, 15) is 4.79 Å². The third kappa shape index (κ3) is 3.92. The van der Waals surface area contributed by atoms with Crippen molar-refractivity contribution < 1.29 is 14.3 Å². The highest BCUT2D eigenvalue weighted by Crippen LogP contribution is 2.24. The monoisotopic (exact) mass is 252 g/mol. The molecule has 100 valence electrons. The van der Waals surface area contributed by atoms with Gasteiger partial charge in [-0.2, -0.15) is 0 Å². The van der Waals surface area contributed by atoms with Gasteiger partial charge >= 0.3 is 0 Å². The lowest BCUT2D eigenvalue weighted by atomic mass is 10.2. The first-order chi connectivity index (χ1) is 8.58. The Labute approximate surface area is 108 Å². The number of carbonyl (C=O) groups excluding carboxylic acids is 1. The van der Waals surface area contributed by atoms with Gasteiger partial charge in [-0.1, -0.05) is 6.07 Å². The van der Waals surface area contributed by atoms with Crippen LogP contribution in [0.25, 0.3) is 0 Å². The first-order valence-electron chi connectivity index (χ1n) is 5.70. The highest BCUT2D eigenvalue weighted by Gasteiger charge is 2.07. The Morgan fingerprint density at radius 1 is 1.28 bits per heavy atom. The molecule has 1 rings (SSSR count). The number of nitrogens with zero attached hydrogens (tertiary/aromatic N) is 1. The summed E-state index contributed by atoms with van der Waals surface area (Å²) in [7, 11) is 6.70. The fourth-order valence-corrected chi connectivity index (χ4v) is 1.46. The molecule has 1 aromatic rings. The minimum atomic E-state index is 0.0440. The molecule has 0 aliphatic heterocycles. The first-order valence-corrected chi connectivity index (χ1v) is 5.70. The molecular formula is C13H20N2O3. The van der Waals surface area contributed by atoms with Gasteiger partial charge in [-0.15, -0.1) is 0 Å². The quantitative estimate of drug-likeness (QED) is 0.816. The van der Waals surface area contributed by atoms with Gasteiger partial charge in [-0.05, 0) is 6.07 Å². The van der Waals surface area contributed by atoms with Crippen LogP contribution in [0.4, 0.5) is 0 Å². The van der Waals surface area contributed by atoms with Gasteiger partial charge in [0.1, 0.15) is 11.5 Å². The number of hydrogen-bond donors (Lipinski definition) is 1. The summed E-state index contributed by atoms with van der Waals surface area (Å²) in [5, 5.41) is 3.08. The number of benzene rings is 1. The molecule has 5 nitrogen and oxygen atoms in total. The second-order valence-electron chi connectivity index (χ2n) is 4.07. The van der Waals surface area contributed by atoms with Crippen molar-refractivity contribution in [2.45, 2.75) is 6.54 Å².